The van der Waals surface area contributed by atoms with Gasteiger partial charge >= 0.3 is 0 Å². The van der Waals surface area contributed by atoms with Gasteiger partial charge in [0.15, 0.2) is 0 Å². The van der Waals surface area contributed by atoms with Crippen LogP contribution in [0.2, 0.25) is 0 Å². The molecule has 0 aromatic carbocycles. The molecular formula is C18H22N4OS. The van der Waals surface area contributed by atoms with E-state index in [4.69, 9.17) is 4.98 Å². The Bertz CT molecular complexity index is 879. The summed E-state index contributed by atoms with van der Waals surface area (Å²) in [6.45, 7) is 5.30. The number of likely N-dealkylation sites (tertiary alicyclic amines) is 1. The third-order valence-electron chi connectivity index (χ3n) is 5.63. The molecule has 2 fully saturated rings. The highest BCUT2D eigenvalue weighted by molar-refractivity contribution is 7.16. The van der Waals surface area contributed by atoms with Crippen molar-refractivity contribution in [2.24, 2.45) is 11.8 Å². The third-order valence-corrected chi connectivity index (χ3v) is 6.70. The van der Waals surface area contributed by atoms with Crippen LogP contribution in [0.15, 0.2) is 22.5 Å². The summed E-state index contributed by atoms with van der Waals surface area (Å²) in [5.41, 5.74) is 2.40. The lowest BCUT2D eigenvalue weighted by Crippen LogP contribution is -2.23. The van der Waals surface area contributed by atoms with E-state index >= 15 is 0 Å². The predicted molar refractivity (Wildman–Crippen MR) is 94.4 cm³/mol. The smallest absolute Gasteiger partial charge is 0.275 e. The number of fused-ring (bicyclic) bond motifs is 2. The van der Waals surface area contributed by atoms with Gasteiger partial charge in [0, 0.05) is 31.6 Å². The first-order valence-electron chi connectivity index (χ1n) is 8.93. The van der Waals surface area contributed by atoms with Crippen molar-refractivity contribution >= 4 is 16.3 Å². The fourth-order valence-corrected chi connectivity index (χ4v) is 5.28. The number of hydrogen-bond donors (Lipinski definition) is 0. The maximum atomic E-state index is 12.4. The van der Waals surface area contributed by atoms with Gasteiger partial charge in [-0.3, -0.25) is 9.69 Å². The monoisotopic (exact) mass is 342 g/mol. The van der Waals surface area contributed by atoms with Crippen LogP contribution in [0, 0.1) is 11.8 Å². The van der Waals surface area contributed by atoms with E-state index in [1.165, 1.54) is 35.8 Å². The fraction of sp³-hybridized carbons (Fsp3) is 0.611. The summed E-state index contributed by atoms with van der Waals surface area (Å²) in [7, 11) is 0. The Labute approximate surface area is 145 Å². The van der Waals surface area contributed by atoms with Crippen molar-refractivity contribution in [2.45, 2.75) is 45.1 Å². The van der Waals surface area contributed by atoms with Gasteiger partial charge in [-0.05, 0) is 44.4 Å². The molecule has 126 valence electrons. The Morgan fingerprint density at radius 1 is 1.29 bits per heavy atom. The largest absolute Gasteiger partial charge is 0.297 e. The third kappa shape index (κ3) is 2.62. The van der Waals surface area contributed by atoms with Crippen molar-refractivity contribution in [3.8, 4) is 0 Å². The summed E-state index contributed by atoms with van der Waals surface area (Å²) in [5.74, 6) is 2.13. The fourth-order valence-electron chi connectivity index (χ4n) is 4.19. The second-order valence-electron chi connectivity index (χ2n) is 7.70. The van der Waals surface area contributed by atoms with Gasteiger partial charge in [0.2, 0.25) is 4.96 Å². The number of aromatic nitrogens is 3. The molecule has 0 bridgehead atoms. The first-order valence-corrected chi connectivity index (χ1v) is 9.75. The Kier molecular flexibility index (Phi) is 3.38. The molecule has 5 rings (SSSR count). The van der Waals surface area contributed by atoms with Gasteiger partial charge < -0.3 is 0 Å². The zero-order chi connectivity index (χ0) is 16.3. The van der Waals surface area contributed by atoms with Crippen LogP contribution < -0.4 is 5.56 Å². The van der Waals surface area contributed by atoms with Crippen molar-refractivity contribution in [3.05, 3.63) is 38.8 Å². The van der Waals surface area contributed by atoms with Crippen LogP contribution in [0.5, 0.6) is 0 Å². The number of rotatable bonds is 3. The standard InChI is InChI=1S/C18H22N4OS/c1-11-2-3-13-8-21(9-14(13)6-11)10-15-7-16(23)22-18(19-15)24-17(20-22)12-4-5-12/h2,7,12-14H,3-6,8-10H2,1H3. The molecule has 6 heteroatoms. The minimum atomic E-state index is -0.0349. The summed E-state index contributed by atoms with van der Waals surface area (Å²) in [5, 5.41) is 5.53. The molecule has 0 radical (unpaired) electrons. The van der Waals surface area contributed by atoms with Gasteiger partial charge in [0.05, 0.1) is 5.69 Å². The quantitative estimate of drug-likeness (QED) is 0.805. The van der Waals surface area contributed by atoms with Crippen LogP contribution >= 0.6 is 11.3 Å². The van der Waals surface area contributed by atoms with Crippen molar-refractivity contribution in [1.29, 1.82) is 0 Å². The molecule has 1 saturated carbocycles. The maximum Gasteiger partial charge on any atom is 0.275 e. The zero-order valence-corrected chi connectivity index (χ0v) is 14.8. The Morgan fingerprint density at radius 2 is 2.12 bits per heavy atom. The Balaban J connectivity index is 1.37. The molecule has 3 heterocycles. The van der Waals surface area contributed by atoms with Gasteiger partial charge in [-0.25, -0.2) is 4.98 Å². The summed E-state index contributed by atoms with van der Waals surface area (Å²) in [4.78, 5) is 20.3. The summed E-state index contributed by atoms with van der Waals surface area (Å²) in [6.07, 6.45) is 7.24. The highest BCUT2D eigenvalue weighted by Crippen LogP contribution is 2.41. The summed E-state index contributed by atoms with van der Waals surface area (Å²) >= 11 is 1.59. The molecule has 24 heavy (non-hydrogen) atoms. The first kappa shape index (κ1) is 14.8. The number of hydrogen-bond acceptors (Lipinski definition) is 5. The second-order valence-corrected chi connectivity index (χ2v) is 8.69. The lowest BCUT2D eigenvalue weighted by Gasteiger charge is -2.22. The van der Waals surface area contributed by atoms with Crippen LogP contribution in [0.4, 0.5) is 0 Å². The van der Waals surface area contributed by atoms with Gasteiger partial charge in [-0.1, -0.05) is 23.0 Å². The van der Waals surface area contributed by atoms with Crippen molar-refractivity contribution in [1.82, 2.24) is 19.5 Å². The molecular weight excluding hydrogens is 320 g/mol. The lowest BCUT2D eigenvalue weighted by atomic mass is 9.83. The Hall–Kier alpha value is -1.53. The molecule has 1 saturated heterocycles. The highest BCUT2D eigenvalue weighted by atomic mass is 32.1. The molecule has 2 aliphatic carbocycles. The number of nitrogens with zero attached hydrogens (tertiary/aromatic N) is 4. The first-order chi connectivity index (χ1) is 11.7. The molecule has 2 unspecified atom stereocenters. The van der Waals surface area contributed by atoms with E-state index in [-0.39, 0.29) is 5.56 Å². The summed E-state index contributed by atoms with van der Waals surface area (Å²) in [6, 6.07) is 1.68. The predicted octanol–water partition coefficient (Wildman–Crippen LogP) is 2.82. The molecule has 0 amide bonds. The molecule has 2 aromatic rings. The van der Waals surface area contributed by atoms with E-state index < -0.39 is 0 Å². The van der Waals surface area contributed by atoms with Crippen LogP contribution in [-0.2, 0) is 6.54 Å². The highest BCUT2D eigenvalue weighted by Gasteiger charge is 2.34. The minimum Gasteiger partial charge on any atom is -0.297 e. The molecule has 0 spiro atoms. The molecule has 0 N–H and O–H groups in total. The van der Waals surface area contributed by atoms with Crippen molar-refractivity contribution in [2.75, 3.05) is 13.1 Å². The van der Waals surface area contributed by atoms with Crippen molar-refractivity contribution < 1.29 is 0 Å². The van der Waals surface area contributed by atoms with E-state index in [1.807, 2.05) is 0 Å². The van der Waals surface area contributed by atoms with Gasteiger partial charge in [0.25, 0.3) is 5.56 Å². The van der Waals surface area contributed by atoms with E-state index in [0.29, 0.717) is 5.92 Å². The zero-order valence-electron chi connectivity index (χ0n) is 13.9. The van der Waals surface area contributed by atoms with Gasteiger partial charge in [0.1, 0.15) is 5.01 Å². The van der Waals surface area contributed by atoms with Gasteiger partial charge in [-0.15, -0.1) is 0 Å². The minimum absolute atomic E-state index is 0.0349. The second kappa shape index (κ2) is 5.49. The van der Waals surface area contributed by atoms with E-state index in [0.717, 1.165) is 47.1 Å². The number of allylic oxidation sites excluding steroid dienone is 2. The normalized spacial score (nSPS) is 27.5. The molecule has 1 aliphatic heterocycles. The molecule has 3 aliphatic rings. The van der Waals surface area contributed by atoms with Crippen molar-refractivity contribution in [3.63, 3.8) is 0 Å². The Morgan fingerprint density at radius 3 is 2.96 bits per heavy atom. The van der Waals surface area contributed by atoms with Crippen LogP contribution in [-0.4, -0.2) is 32.6 Å². The van der Waals surface area contributed by atoms with E-state index in [9.17, 15) is 4.79 Å². The van der Waals surface area contributed by atoms with Gasteiger partial charge in [-0.2, -0.15) is 9.61 Å². The average Bonchev–Trinajstić information content (AvgIpc) is 3.18. The molecule has 2 aromatic heterocycles. The average molecular weight is 342 g/mol. The maximum absolute atomic E-state index is 12.4. The molecule has 5 nitrogen and oxygen atoms in total. The van der Waals surface area contributed by atoms with E-state index in [2.05, 4.69) is 23.0 Å². The SMILES string of the molecule is CC1=CCC2CN(Cc3cc(=O)n4nc(C5CC5)sc4n3)CC2C1. The topological polar surface area (TPSA) is 50.5 Å². The van der Waals surface area contributed by atoms with Crippen LogP contribution in [0.3, 0.4) is 0 Å². The lowest BCUT2D eigenvalue weighted by molar-refractivity contribution is 0.310. The summed E-state index contributed by atoms with van der Waals surface area (Å²) < 4.78 is 1.48. The molecule has 2 atom stereocenters. The van der Waals surface area contributed by atoms with E-state index in [1.54, 1.807) is 17.4 Å². The van der Waals surface area contributed by atoms with Crippen LogP contribution in [0.1, 0.15) is 49.2 Å². The van der Waals surface area contributed by atoms with Crippen LogP contribution in [0.25, 0.3) is 4.96 Å².